The normalized spacial score (nSPS) is 17.7. The van der Waals surface area contributed by atoms with Gasteiger partial charge in [0.15, 0.2) is 0 Å². The van der Waals surface area contributed by atoms with Crippen molar-refractivity contribution in [3.05, 3.63) is 72.3 Å². The van der Waals surface area contributed by atoms with Gasteiger partial charge in [-0.25, -0.2) is 9.07 Å². The summed E-state index contributed by atoms with van der Waals surface area (Å²) in [5.74, 6) is 0.655. The number of nitrogens with zero attached hydrogens (tertiary/aromatic N) is 4. The zero-order valence-electron chi connectivity index (χ0n) is 13.8. The van der Waals surface area contributed by atoms with E-state index in [2.05, 4.69) is 15.2 Å². The van der Waals surface area contributed by atoms with Gasteiger partial charge >= 0.3 is 0 Å². The Kier molecular flexibility index (Phi) is 4.43. The van der Waals surface area contributed by atoms with Crippen molar-refractivity contribution in [2.75, 3.05) is 13.1 Å². The van der Waals surface area contributed by atoms with Crippen molar-refractivity contribution >= 4 is 0 Å². The van der Waals surface area contributed by atoms with E-state index >= 15 is 0 Å². The lowest BCUT2D eigenvalue weighted by molar-refractivity contribution is 0.198. The van der Waals surface area contributed by atoms with Gasteiger partial charge in [0.25, 0.3) is 0 Å². The van der Waals surface area contributed by atoms with E-state index in [1.807, 2.05) is 36.5 Å². The van der Waals surface area contributed by atoms with Gasteiger partial charge in [0, 0.05) is 19.6 Å². The molecule has 1 fully saturated rings. The van der Waals surface area contributed by atoms with Crippen LogP contribution in [0.15, 0.2) is 60.8 Å². The minimum absolute atomic E-state index is 0.203. The van der Waals surface area contributed by atoms with Crippen molar-refractivity contribution in [1.29, 1.82) is 0 Å². The summed E-state index contributed by atoms with van der Waals surface area (Å²) >= 11 is 0. The van der Waals surface area contributed by atoms with Crippen LogP contribution in [0.1, 0.15) is 12.1 Å². The molecule has 0 spiro atoms. The third kappa shape index (κ3) is 3.85. The number of aromatic nitrogens is 3. The molecule has 0 N–H and O–H groups in total. The van der Waals surface area contributed by atoms with Crippen molar-refractivity contribution < 1.29 is 9.13 Å². The molecule has 0 bridgehead atoms. The van der Waals surface area contributed by atoms with Gasteiger partial charge in [0.2, 0.25) is 0 Å². The van der Waals surface area contributed by atoms with Crippen LogP contribution in [-0.2, 0) is 6.54 Å². The van der Waals surface area contributed by atoms with Gasteiger partial charge in [0.05, 0.1) is 17.6 Å². The highest BCUT2D eigenvalue weighted by atomic mass is 19.1. The summed E-state index contributed by atoms with van der Waals surface area (Å²) in [6.07, 6.45) is 3.09. The van der Waals surface area contributed by atoms with Gasteiger partial charge in [-0.1, -0.05) is 23.4 Å². The Hall–Kier alpha value is -2.73. The molecule has 1 saturated heterocycles. The summed E-state index contributed by atoms with van der Waals surface area (Å²) in [6, 6.07) is 16.1. The van der Waals surface area contributed by atoms with Gasteiger partial charge in [0.1, 0.15) is 17.7 Å². The Morgan fingerprint density at radius 1 is 1.08 bits per heavy atom. The van der Waals surface area contributed by atoms with Crippen LogP contribution in [0.2, 0.25) is 0 Å². The molecule has 0 saturated carbocycles. The fourth-order valence-electron chi connectivity index (χ4n) is 3.05. The Morgan fingerprint density at radius 3 is 2.68 bits per heavy atom. The smallest absolute Gasteiger partial charge is 0.123 e. The molecule has 0 aliphatic carbocycles. The zero-order valence-corrected chi connectivity index (χ0v) is 13.8. The second kappa shape index (κ2) is 7.03. The first kappa shape index (κ1) is 15.8. The van der Waals surface area contributed by atoms with Gasteiger partial charge in [-0.2, -0.15) is 0 Å². The Bertz CT molecular complexity index is 819. The van der Waals surface area contributed by atoms with Crippen molar-refractivity contribution in [1.82, 2.24) is 19.9 Å². The van der Waals surface area contributed by atoms with Crippen LogP contribution in [0.3, 0.4) is 0 Å². The molecule has 128 valence electrons. The standard InChI is InChI=1S/C19H19FN4O/c20-15-6-8-17(9-7-15)24-13-16(21-22-24)12-23-11-10-19(14-23)25-18-4-2-1-3-5-18/h1-9,13,19H,10-12,14H2/t19-/m0/s1. The van der Waals surface area contributed by atoms with Gasteiger partial charge in [-0.15, -0.1) is 5.10 Å². The lowest BCUT2D eigenvalue weighted by Crippen LogP contribution is -2.24. The molecule has 0 amide bonds. The van der Waals surface area contributed by atoms with Crippen LogP contribution in [0.4, 0.5) is 4.39 Å². The van der Waals surface area contributed by atoms with Crippen LogP contribution < -0.4 is 4.74 Å². The van der Waals surface area contributed by atoms with Crippen LogP contribution in [-0.4, -0.2) is 39.1 Å². The van der Waals surface area contributed by atoms with Gasteiger partial charge in [-0.3, -0.25) is 4.90 Å². The van der Waals surface area contributed by atoms with E-state index in [0.29, 0.717) is 0 Å². The van der Waals surface area contributed by atoms with E-state index < -0.39 is 0 Å². The van der Waals surface area contributed by atoms with E-state index in [4.69, 9.17) is 4.74 Å². The monoisotopic (exact) mass is 338 g/mol. The molecule has 1 aliphatic rings. The molecule has 4 rings (SSSR count). The van der Waals surface area contributed by atoms with Crippen molar-refractivity contribution in [2.45, 2.75) is 19.1 Å². The third-order valence-electron chi connectivity index (χ3n) is 4.29. The first-order valence-corrected chi connectivity index (χ1v) is 8.37. The Morgan fingerprint density at radius 2 is 1.88 bits per heavy atom. The van der Waals surface area contributed by atoms with E-state index in [9.17, 15) is 4.39 Å². The second-order valence-electron chi connectivity index (χ2n) is 6.21. The highest BCUT2D eigenvalue weighted by Gasteiger charge is 2.24. The lowest BCUT2D eigenvalue weighted by atomic mass is 10.3. The first-order chi connectivity index (χ1) is 12.3. The zero-order chi connectivity index (χ0) is 17.1. The number of para-hydroxylation sites is 1. The summed E-state index contributed by atoms with van der Waals surface area (Å²) in [6.45, 7) is 2.58. The van der Waals surface area contributed by atoms with Crippen molar-refractivity contribution in [3.8, 4) is 11.4 Å². The third-order valence-corrected chi connectivity index (χ3v) is 4.29. The number of ether oxygens (including phenoxy) is 1. The van der Waals surface area contributed by atoms with Gasteiger partial charge < -0.3 is 4.74 Å². The van der Waals surface area contributed by atoms with Crippen LogP contribution in [0.25, 0.3) is 5.69 Å². The molecule has 2 heterocycles. The average Bonchev–Trinajstić information content (AvgIpc) is 3.27. The number of halogens is 1. The molecule has 25 heavy (non-hydrogen) atoms. The quantitative estimate of drug-likeness (QED) is 0.717. The van der Waals surface area contributed by atoms with E-state index in [-0.39, 0.29) is 11.9 Å². The Balaban J connectivity index is 1.35. The molecule has 0 radical (unpaired) electrons. The number of rotatable bonds is 5. The predicted molar refractivity (Wildman–Crippen MR) is 92.1 cm³/mol. The highest BCUT2D eigenvalue weighted by molar-refractivity contribution is 5.30. The predicted octanol–water partition coefficient (Wildman–Crippen LogP) is 3.06. The van der Waals surface area contributed by atoms with Crippen LogP contribution >= 0.6 is 0 Å². The molecule has 2 aromatic carbocycles. The van der Waals surface area contributed by atoms with Crippen molar-refractivity contribution in [3.63, 3.8) is 0 Å². The molecule has 1 atom stereocenters. The summed E-state index contributed by atoms with van der Waals surface area (Å²) in [5, 5.41) is 8.36. The fraction of sp³-hybridized carbons (Fsp3) is 0.263. The minimum atomic E-state index is -0.259. The molecular weight excluding hydrogens is 319 g/mol. The van der Waals surface area contributed by atoms with E-state index in [0.717, 1.165) is 43.2 Å². The number of benzene rings is 2. The summed E-state index contributed by atoms with van der Waals surface area (Å²) < 4.78 is 20.7. The lowest BCUT2D eigenvalue weighted by Gasteiger charge is -2.15. The van der Waals surface area contributed by atoms with Crippen molar-refractivity contribution in [2.24, 2.45) is 0 Å². The Labute approximate surface area is 145 Å². The highest BCUT2D eigenvalue weighted by Crippen LogP contribution is 2.19. The summed E-state index contributed by atoms with van der Waals surface area (Å²) in [5.41, 5.74) is 1.69. The molecular formula is C19H19FN4O. The molecule has 6 heteroatoms. The number of likely N-dealkylation sites (tertiary alicyclic amines) is 1. The number of hydrogen-bond donors (Lipinski definition) is 0. The SMILES string of the molecule is Fc1ccc(-n2cc(CN3CC[C@H](Oc4ccccc4)C3)nn2)cc1. The topological polar surface area (TPSA) is 43.2 Å². The maximum Gasteiger partial charge on any atom is 0.123 e. The second-order valence-corrected chi connectivity index (χ2v) is 6.21. The molecule has 1 aliphatic heterocycles. The molecule has 5 nitrogen and oxygen atoms in total. The molecule has 3 aromatic rings. The van der Waals surface area contributed by atoms with E-state index in [1.54, 1.807) is 16.8 Å². The maximum atomic E-state index is 13.0. The van der Waals surface area contributed by atoms with Crippen LogP contribution in [0.5, 0.6) is 5.75 Å². The van der Waals surface area contributed by atoms with E-state index in [1.165, 1.54) is 12.1 Å². The van der Waals surface area contributed by atoms with Crippen LogP contribution in [0, 0.1) is 5.82 Å². The molecule has 1 aromatic heterocycles. The fourth-order valence-corrected chi connectivity index (χ4v) is 3.05. The minimum Gasteiger partial charge on any atom is -0.489 e. The number of hydrogen-bond acceptors (Lipinski definition) is 4. The summed E-state index contributed by atoms with van der Waals surface area (Å²) in [4.78, 5) is 2.31. The maximum absolute atomic E-state index is 13.0. The summed E-state index contributed by atoms with van der Waals surface area (Å²) in [7, 11) is 0. The average molecular weight is 338 g/mol. The van der Waals surface area contributed by atoms with Gasteiger partial charge in [-0.05, 0) is 42.8 Å². The molecule has 0 unspecified atom stereocenters. The largest absolute Gasteiger partial charge is 0.489 e. The first-order valence-electron chi connectivity index (χ1n) is 8.37.